The van der Waals surface area contributed by atoms with Gasteiger partial charge in [-0.25, -0.2) is 0 Å². The van der Waals surface area contributed by atoms with Crippen LogP contribution in [0.2, 0.25) is 0 Å². The summed E-state index contributed by atoms with van der Waals surface area (Å²) in [6.07, 6.45) is 10.9. The molecule has 0 spiro atoms. The third kappa shape index (κ3) is 8.12. The SMILES string of the molecule is C=CN(CSCC(=C)/C=C\C=C/CC)N=C. The molecule has 0 fully saturated rings. The molecule has 0 saturated heterocycles. The van der Waals surface area contributed by atoms with Crippen molar-refractivity contribution in [3.8, 4) is 0 Å². The van der Waals surface area contributed by atoms with Gasteiger partial charge in [0, 0.05) is 18.7 Å². The van der Waals surface area contributed by atoms with Crippen LogP contribution in [0.15, 0.2) is 54.3 Å². The van der Waals surface area contributed by atoms with Gasteiger partial charge in [-0.2, -0.15) is 5.10 Å². The van der Waals surface area contributed by atoms with Gasteiger partial charge in [0.25, 0.3) is 0 Å². The van der Waals surface area contributed by atoms with Crippen molar-refractivity contribution >= 4 is 18.5 Å². The molecule has 0 aromatic carbocycles. The first-order valence-electron chi connectivity index (χ1n) is 5.19. The molecule has 0 amide bonds. The zero-order chi connectivity index (χ0) is 12.2. The quantitative estimate of drug-likeness (QED) is 0.262. The lowest BCUT2D eigenvalue weighted by atomic mass is 10.3. The molecule has 0 aliphatic heterocycles. The summed E-state index contributed by atoms with van der Waals surface area (Å²) in [6.45, 7) is 13.2. The van der Waals surface area contributed by atoms with Crippen molar-refractivity contribution in [2.75, 3.05) is 11.6 Å². The van der Waals surface area contributed by atoms with Gasteiger partial charge in [0.15, 0.2) is 0 Å². The minimum atomic E-state index is 0.755. The Bertz CT molecular complexity index is 272. The molecule has 2 nitrogen and oxygen atoms in total. The molecule has 88 valence electrons. The molecule has 0 atom stereocenters. The Morgan fingerprint density at radius 2 is 2.19 bits per heavy atom. The zero-order valence-electron chi connectivity index (χ0n) is 9.93. The van der Waals surface area contributed by atoms with Gasteiger partial charge in [-0.05, 0) is 12.0 Å². The van der Waals surface area contributed by atoms with E-state index in [1.54, 1.807) is 23.0 Å². The second kappa shape index (κ2) is 10.3. The lowest BCUT2D eigenvalue weighted by Gasteiger charge is -2.11. The van der Waals surface area contributed by atoms with E-state index >= 15 is 0 Å². The van der Waals surface area contributed by atoms with E-state index in [1.807, 2.05) is 18.2 Å². The van der Waals surface area contributed by atoms with Gasteiger partial charge in [-0.15, -0.1) is 11.8 Å². The molecule has 0 heterocycles. The average molecular weight is 236 g/mol. The Kier molecular flexibility index (Phi) is 9.52. The lowest BCUT2D eigenvalue weighted by molar-refractivity contribution is 0.478. The van der Waals surface area contributed by atoms with Gasteiger partial charge in [-0.1, -0.05) is 44.4 Å². The summed E-state index contributed by atoms with van der Waals surface area (Å²) in [5, 5.41) is 5.47. The van der Waals surface area contributed by atoms with Crippen molar-refractivity contribution < 1.29 is 0 Å². The maximum Gasteiger partial charge on any atom is 0.0866 e. The van der Waals surface area contributed by atoms with E-state index in [0.717, 1.165) is 23.6 Å². The topological polar surface area (TPSA) is 15.6 Å². The average Bonchev–Trinajstić information content (AvgIpc) is 2.30. The minimum Gasteiger partial charge on any atom is -0.264 e. The second-order valence-electron chi connectivity index (χ2n) is 3.09. The Labute approximate surface area is 103 Å². The molecular weight excluding hydrogens is 216 g/mol. The zero-order valence-corrected chi connectivity index (χ0v) is 10.7. The van der Waals surface area contributed by atoms with Gasteiger partial charge < -0.3 is 0 Å². The molecule has 0 unspecified atom stereocenters. The molecule has 0 aliphatic carbocycles. The highest BCUT2D eigenvalue weighted by Crippen LogP contribution is 2.10. The molecule has 0 aromatic rings. The van der Waals surface area contributed by atoms with Gasteiger partial charge >= 0.3 is 0 Å². The summed E-state index contributed by atoms with van der Waals surface area (Å²) >= 11 is 1.73. The molecule has 0 aromatic heterocycles. The van der Waals surface area contributed by atoms with Crippen LogP contribution in [0.1, 0.15) is 13.3 Å². The first-order valence-corrected chi connectivity index (χ1v) is 6.34. The van der Waals surface area contributed by atoms with Crippen LogP contribution in [-0.2, 0) is 0 Å². The molecule has 3 heteroatoms. The van der Waals surface area contributed by atoms with Crippen LogP contribution in [-0.4, -0.2) is 23.4 Å². The Morgan fingerprint density at radius 3 is 2.75 bits per heavy atom. The molecule has 0 N–H and O–H groups in total. The predicted molar refractivity (Wildman–Crippen MR) is 76.6 cm³/mol. The molecule has 16 heavy (non-hydrogen) atoms. The summed E-state index contributed by atoms with van der Waals surface area (Å²) in [6, 6.07) is 0. The van der Waals surface area contributed by atoms with Crippen LogP contribution in [0.4, 0.5) is 0 Å². The van der Waals surface area contributed by atoms with Crippen molar-refractivity contribution in [1.82, 2.24) is 5.01 Å². The van der Waals surface area contributed by atoms with E-state index in [0.29, 0.717) is 0 Å². The Hall–Kier alpha value is -1.22. The number of thioether (sulfide) groups is 1. The highest BCUT2D eigenvalue weighted by molar-refractivity contribution is 7.99. The van der Waals surface area contributed by atoms with E-state index in [2.05, 4.69) is 38.0 Å². The van der Waals surface area contributed by atoms with Crippen LogP contribution >= 0.6 is 11.8 Å². The number of rotatable bonds is 9. The highest BCUT2D eigenvalue weighted by Gasteiger charge is 1.94. The standard InChI is InChI=1S/C13H20N2S/c1-5-7-8-9-10-13(3)11-16-12-15(6-2)14-4/h6-10H,2-5,11-12H2,1H3/b8-7-,10-9-. The van der Waals surface area contributed by atoms with Crippen LogP contribution in [0.25, 0.3) is 0 Å². The maximum absolute atomic E-state index is 3.97. The molecule has 0 aliphatic rings. The summed E-state index contributed by atoms with van der Waals surface area (Å²) in [5.74, 6) is 1.64. The number of nitrogens with zero attached hydrogens (tertiary/aromatic N) is 2. The van der Waals surface area contributed by atoms with Gasteiger partial charge in [0.05, 0.1) is 5.88 Å². The summed E-state index contributed by atoms with van der Waals surface area (Å²) in [7, 11) is 0. The summed E-state index contributed by atoms with van der Waals surface area (Å²) in [5.41, 5.74) is 1.10. The third-order valence-corrected chi connectivity index (χ3v) is 2.74. The summed E-state index contributed by atoms with van der Waals surface area (Å²) < 4.78 is 0. The first kappa shape index (κ1) is 14.8. The minimum absolute atomic E-state index is 0.755. The molecule has 0 saturated carbocycles. The normalized spacial score (nSPS) is 10.8. The highest BCUT2D eigenvalue weighted by atomic mass is 32.2. The number of hydrogen-bond donors (Lipinski definition) is 0. The fourth-order valence-corrected chi connectivity index (χ4v) is 1.70. The van der Waals surface area contributed by atoms with Crippen LogP contribution in [0, 0.1) is 0 Å². The number of allylic oxidation sites excluding steroid dienone is 4. The van der Waals surface area contributed by atoms with Gasteiger partial charge in [0.2, 0.25) is 0 Å². The Morgan fingerprint density at radius 1 is 1.44 bits per heavy atom. The van der Waals surface area contributed by atoms with Crippen LogP contribution in [0.3, 0.4) is 0 Å². The molecule has 0 bridgehead atoms. The maximum atomic E-state index is 3.97. The molecular formula is C13H20N2S. The largest absolute Gasteiger partial charge is 0.264 e. The first-order chi connectivity index (χ1) is 7.74. The smallest absolute Gasteiger partial charge is 0.0866 e. The van der Waals surface area contributed by atoms with Crippen LogP contribution < -0.4 is 0 Å². The lowest BCUT2D eigenvalue weighted by Crippen LogP contribution is -2.07. The van der Waals surface area contributed by atoms with Crippen LogP contribution in [0.5, 0.6) is 0 Å². The van der Waals surface area contributed by atoms with E-state index in [1.165, 1.54) is 0 Å². The van der Waals surface area contributed by atoms with E-state index in [-0.39, 0.29) is 0 Å². The van der Waals surface area contributed by atoms with Crippen molar-refractivity contribution in [2.24, 2.45) is 5.10 Å². The van der Waals surface area contributed by atoms with Gasteiger partial charge in [0.1, 0.15) is 0 Å². The fraction of sp³-hybridized carbons (Fsp3) is 0.308. The predicted octanol–water partition coefficient (Wildman–Crippen LogP) is 3.82. The van der Waals surface area contributed by atoms with E-state index in [4.69, 9.17) is 0 Å². The van der Waals surface area contributed by atoms with Gasteiger partial charge in [-0.3, -0.25) is 5.01 Å². The Balaban J connectivity index is 3.73. The monoisotopic (exact) mass is 236 g/mol. The third-order valence-electron chi connectivity index (χ3n) is 1.72. The van der Waals surface area contributed by atoms with E-state index < -0.39 is 0 Å². The van der Waals surface area contributed by atoms with E-state index in [9.17, 15) is 0 Å². The van der Waals surface area contributed by atoms with Crippen molar-refractivity contribution in [2.45, 2.75) is 13.3 Å². The number of hydrogen-bond acceptors (Lipinski definition) is 3. The van der Waals surface area contributed by atoms with Crippen molar-refractivity contribution in [1.29, 1.82) is 0 Å². The second-order valence-corrected chi connectivity index (χ2v) is 4.05. The van der Waals surface area contributed by atoms with Crippen molar-refractivity contribution in [3.63, 3.8) is 0 Å². The fourth-order valence-electron chi connectivity index (χ4n) is 0.876. The van der Waals surface area contributed by atoms with Crippen molar-refractivity contribution in [3.05, 3.63) is 49.2 Å². The number of hydrazone groups is 1. The molecule has 0 radical (unpaired) electrons. The summed E-state index contributed by atoms with van der Waals surface area (Å²) in [4.78, 5) is 0. The molecule has 0 rings (SSSR count).